The van der Waals surface area contributed by atoms with Crippen LogP contribution in [0.1, 0.15) is 64.7 Å². The van der Waals surface area contributed by atoms with Crippen molar-refractivity contribution in [2.75, 3.05) is 6.54 Å². The SMILES string of the molecule is CCN[C@@H](CCCCC1CCCCC1)C(=O)O. The molecule has 1 saturated carbocycles. The van der Waals surface area contributed by atoms with Crippen LogP contribution in [-0.2, 0) is 4.79 Å². The number of hydrogen-bond donors (Lipinski definition) is 2. The van der Waals surface area contributed by atoms with Crippen LogP contribution in [-0.4, -0.2) is 23.7 Å². The number of nitrogens with one attached hydrogen (secondary N) is 1. The number of aliphatic carboxylic acids is 1. The highest BCUT2D eigenvalue weighted by molar-refractivity contribution is 5.73. The third kappa shape index (κ3) is 6.06. The van der Waals surface area contributed by atoms with Gasteiger partial charge in [-0.25, -0.2) is 0 Å². The summed E-state index contributed by atoms with van der Waals surface area (Å²) in [5.41, 5.74) is 0. The summed E-state index contributed by atoms with van der Waals surface area (Å²) < 4.78 is 0. The molecule has 1 aliphatic carbocycles. The zero-order valence-corrected chi connectivity index (χ0v) is 11.1. The monoisotopic (exact) mass is 241 g/mol. The van der Waals surface area contributed by atoms with Crippen molar-refractivity contribution in [2.45, 2.75) is 70.8 Å². The highest BCUT2D eigenvalue weighted by Crippen LogP contribution is 2.27. The van der Waals surface area contributed by atoms with Crippen LogP contribution in [0.4, 0.5) is 0 Å². The molecule has 2 N–H and O–H groups in total. The lowest BCUT2D eigenvalue weighted by Gasteiger charge is -2.21. The quantitative estimate of drug-likeness (QED) is 0.642. The summed E-state index contributed by atoms with van der Waals surface area (Å²) in [6.45, 7) is 2.69. The van der Waals surface area contributed by atoms with Gasteiger partial charge in [0.05, 0.1) is 0 Å². The van der Waals surface area contributed by atoms with Crippen LogP contribution in [0.5, 0.6) is 0 Å². The van der Waals surface area contributed by atoms with Crippen LogP contribution in [0.15, 0.2) is 0 Å². The molecule has 0 unspecified atom stereocenters. The van der Waals surface area contributed by atoms with E-state index in [0.29, 0.717) is 0 Å². The Morgan fingerprint density at radius 3 is 2.59 bits per heavy atom. The van der Waals surface area contributed by atoms with Gasteiger partial charge in [-0.1, -0.05) is 58.3 Å². The van der Waals surface area contributed by atoms with Gasteiger partial charge in [-0.2, -0.15) is 0 Å². The first-order chi connectivity index (χ1) is 8.24. The van der Waals surface area contributed by atoms with Crippen molar-refractivity contribution in [3.8, 4) is 0 Å². The first-order valence-corrected chi connectivity index (χ1v) is 7.20. The molecule has 0 aromatic rings. The Balaban J connectivity index is 2.06. The van der Waals surface area contributed by atoms with E-state index in [1.165, 1.54) is 44.9 Å². The largest absolute Gasteiger partial charge is 0.480 e. The fraction of sp³-hybridized carbons (Fsp3) is 0.929. The molecule has 0 bridgehead atoms. The molecule has 0 aromatic heterocycles. The van der Waals surface area contributed by atoms with Gasteiger partial charge in [0, 0.05) is 0 Å². The van der Waals surface area contributed by atoms with Crippen molar-refractivity contribution in [1.82, 2.24) is 5.32 Å². The Bertz CT molecular complexity index is 212. The zero-order valence-electron chi connectivity index (χ0n) is 11.1. The molecule has 1 fully saturated rings. The second-order valence-corrected chi connectivity index (χ2v) is 5.24. The summed E-state index contributed by atoms with van der Waals surface area (Å²) in [6, 6.07) is -0.341. The van der Waals surface area contributed by atoms with E-state index in [1.54, 1.807) is 0 Å². The van der Waals surface area contributed by atoms with E-state index in [-0.39, 0.29) is 6.04 Å². The van der Waals surface area contributed by atoms with Crippen molar-refractivity contribution >= 4 is 5.97 Å². The Labute approximate surface area is 105 Å². The van der Waals surface area contributed by atoms with E-state index in [4.69, 9.17) is 5.11 Å². The van der Waals surface area contributed by atoms with Crippen LogP contribution in [0.25, 0.3) is 0 Å². The van der Waals surface area contributed by atoms with E-state index < -0.39 is 5.97 Å². The molecular formula is C14H27NO2. The minimum atomic E-state index is -0.704. The lowest BCUT2D eigenvalue weighted by molar-refractivity contribution is -0.139. The lowest BCUT2D eigenvalue weighted by atomic mass is 9.85. The predicted octanol–water partition coefficient (Wildman–Crippen LogP) is 3.19. The Morgan fingerprint density at radius 1 is 1.29 bits per heavy atom. The van der Waals surface area contributed by atoms with Gasteiger partial charge in [0.1, 0.15) is 6.04 Å². The number of unbranched alkanes of at least 4 members (excludes halogenated alkanes) is 1. The van der Waals surface area contributed by atoms with E-state index in [9.17, 15) is 4.79 Å². The Hall–Kier alpha value is -0.570. The molecule has 17 heavy (non-hydrogen) atoms. The van der Waals surface area contributed by atoms with Crippen LogP contribution in [0.2, 0.25) is 0 Å². The van der Waals surface area contributed by atoms with Gasteiger partial charge >= 0.3 is 5.97 Å². The maximum Gasteiger partial charge on any atom is 0.320 e. The highest BCUT2D eigenvalue weighted by atomic mass is 16.4. The topological polar surface area (TPSA) is 49.3 Å². The average molecular weight is 241 g/mol. The second-order valence-electron chi connectivity index (χ2n) is 5.24. The average Bonchev–Trinajstić information content (AvgIpc) is 2.34. The van der Waals surface area contributed by atoms with Gasteiger partial charge < -0.3 is 10.4 Å². The standard InChI is InChI=1S/C14H27NO2/c1-2-15-13(14(16)17)11-7-6-10-12-8-4-3-5-9-12/h12-13,15H,2-11H2,1H3,(H,16,17)/t13-/m0/s1. The van der Waals surface area contributed by atoms with Crippen molar-refractivity contribution in [1.29, 1.82) is 0 Å². The van der Waals surface area contributed by atoms with Crippen molar-refractivity contribution in [3.05, 3.63) is 0 Å². The number of carbonyl (C=O) groups is 1. The Morgan fingerprint density at radius 2 is 2.00 bits per heavy atom. The molecular weight excluding hydrogens is 214 g/mol. The van der Waals surface area contributed by atoms with Gasteiger partial charge in [-0.3, -0.25) is 4.79 Å². The first-order valence-electron chi connectivity index (χ1n) is 7.20. The number of carboxylic acid groups (broad SMARTS) is 1. The van der Waals surface area contributed by atoms with Crippen molar-refractivity contribution < 1.29 is 9.90 Å². The molecule has 0 aliphatic heterocycles. The van der Waals surface area contributed by atoms with Gasteiger partial charge in [-0.15, -0.1) is 0 Å². The molecule has 1 rings (SSSR count). The number of likely N-dealkylation sites (N-methyl/N-ethyl adjacent to an activating group) is 1. The van der Waals surface area contributed by atoms with E-state index in [2.05, 4.69) is 5.32 Å². The maximum atomic E-state index is 10.9. The van der Waals surface area contributed by atoms with Gasteiger partial charge in [0.15, 0.2) is 0 Å². The van der Waals surface area contributed by atoms with Gasteiger partial charge in [0.25, 0.3) is 0 Å². The summed E-state index contributed by atoms with van der Waals surface area (Å²) >= 11 is 0. The first kappa shape index (κ1) is 14.5. The molecule has 3 nitrogen and oxygen atoms in total. The summed E-state index contributed by atoms with van der Waals surface area (Å²) in [6.07, 6.45) is 11.3. The van der Waals surface area contributed by atoms with Gasteiger partial charge in [0.2, 0.25) is 0 Å². The van der Waals surface area contributed by atoms with Crippen molar-refractivity contribution in [3.63, 3.8) is 0 Å². The summed E-state index contributed by atoms with van der Waals surface area (Å²) in [7, 11) is 0. The summed E-state index contributed by atoms with van der Waals surface area (Å²) in [4.78, 5) is 10.9. The molecule has 0 spiro atoms. The molecule has 0 aromatic carbocycles. The predicted molar refractivity (Wildman–Crippen MR) is 70.1 cm³/mol. The third-order valence-corrected chi connectivity index (χ3v) is 3.83. The van der Waals surface area contributed by atoms with E-state index in [1.807, 2.05) is 6.92 Å². The molecule has 0 saturated heterocycles. The Kier molecular flexibility index (Phi) is 7.25. The van der Waals surface area contributed by atoms with Crippen LogP contribution >= 0.6 is 0 Å². The molecule has 100 valence electrons. The van der Waals surface area contributed by atoms with Gasteiger partial charge in [-0.05, 0) is 18.9 Å². The molecule has 3 heteroatoms. The minimum Gasteiger partial charge on any atom is -0.480 e. The fourth-order valence-electron chi connectivity index (χ4n) is 2.82. The second kappa shape index (κ2) is 8.51. The smallest absolute Gasteiger partial charge is 0.320 e. The normalized spacial score (nSPS) is 19.1. The van der Waals surface area contributed by atoms with E-state index >= 15 is 0 Å². The minimum absolute atomic E-state index is 0.341. The van der Waals surface area contributed by atoms with E-state index in [0.717, 1.165) is 25.3 Å². The van der Waals surface area contributed by atoms with Crippen LogP contribution in [0.3, 0.4) is 0 Å². The molecule has 1 aliphatic rings. The molecule has 1 atom stereocenters. The maximum absolute atomic E-state index is 10.9. The van der Waals surface area contributed by atoms with Crippen LogP contribution < -0.4 is 5.32 Å². The summed E-state index contributed by atoms with van der Waals surface area (Å²) in [5.74, 6) is 0.218. The number of rotatable bonds is 8. The number of hydrogen-bond acceptors (Lipinski definition) is 2. The lowest BCUT2D eigenvalue weighted by Crippen LogP contribution is -2.36. The molecule has 0 heterocycles. The fourth-order valence-corrected chi connectivity index (χ4v) is 2.82. The number of carboxylic acids is 1. The van der Waals surface area contributed by atoms with Crippen LogP contribution in [0, 0.1) is 5.92 Å². The summed E-state index contributed by atoms with van der Waals surface area (Å²) in [5, 5.41) is 12.0. The molecule has 0 amide bonds. The van der Waals surface area contributed by atoms with Crippen molar-refractivity contribution in [2.24, 2.45) is 5.92 Å². The molecule has 0 radical (unpaired) electrons. The third-order valence-electron chi connectivity index (χ3n) is 3.83. The highest BCUT2D eigenvalue weighted by Gasteiger charge is 2.16. The zero-order chi connectivity index (χ0) is 12.5.